The first-order valence-corrected chi connectivity index (χ1v) is 7.27. The molecule has 1 heterocycles. The number of hydrogen-bond donors (Lipinski definition) is 0. The molecule has 4 nitrogen and oxygen atoms in total. The third-order valence-electron chi connectivity index (χ3n) is 2.80. The number of rotatable bonds is 2. The van der Waals surface area contributed by atoms with Crippen molar-refractivity contribution in [1.82, 2.24) is 0 Å². The predicted octanol–water partition coefficient (Wildman–Crippen LogP) is 2.01. The molecule has 1 aliphatic rings. The van der Waals surface area contributed by atoms with Gasteiger partial charge in [0, 0.05) is 13.0 Å². The van der Waals surface area contributed by atoms with Crippen molar-refractivity contribution in [1.29, 1.82) is 0 Å². The normalized spacial score (nSPS) is 16.3. The summed E-state index contributed by atoms with van der Waals surface area (Å²) in [5.41, 5.74) is 0.652. The van der Waals surface area contributed by atoms with Crippen LogP contribution in [0.1, 0.15) is 20.3 Å². The van der Waals surface area contributed by atoms with E-state index in [1.165, 1.54) is 4.31 Å². The monoisotopic (exact) mass is 255 g/mol. The molecule has 0 saturated carbocycles. The van der Waals surface area contributed by atoms with Gasteiger partial charge in [0.15, 0.2) is 0 Å². The third-order valence-corrected chi connectivity index (χ3v) is 4.99. The maximum Gasteiger partial charge on any atom is 0.237 e. The minimum absolute atomic E-state index is 0.423. The van der Waals surface area contributed by atoms with Crippen molar-refractivity contribution < 1.29 is 13.2 Å². The smallest absolute Gasteiger partial charge is 0.237 e. The number of fused-ring (bicyclic) bond motifs is 1. The molecule has 94 valence electrons. The number of anilines is 1. The lowest BCUT2D eigenvalue weighted by atomic mass is 10.3. The Morgan fingerprint density at radius 1 is 1.29 bits per heavy atom. The molecule has 2 rings (SSSR count). The predicted molar refractivity (Wildman–Crippen MR) is 68.0 cm³/mol. The molecular weight excluding hydrogens is 238 g/mol. The minimum atomic E-state index is -3.28. The van der Waals surface area contributed by atoms with Crippen LogP contribution in [0.4, 0.5) is 5.69 Å². The fourth-order valence-electron chi connectivity index (χ4n) is 1.81. The van der Waals surface area contributed by atoms with Gasteiger partial charge in [-0.15, -0.1) is 0 Å². The van der Waals surface area contributed by atoms with Crippen LogP contribution in [0.15, 0.2) is 24.3 Å². The molecule has 0 radical (unpaired) electrons. The summed E-state index contributed by atoms with van der Waals surface area (Å²) in [6.07, 6.45) is 0.709. The molecule has 1 aromatic rings. The number of benzene rings is 1. The summed E-state index contributed by atoms with van der Waals surface area (Å²) in [5.74, 6) is 0.647. The highest BCUT2D eigenvalue weighted by Crippen LogP contribution is 2.33. The van der Waals surface area contributed by atoms with E-state index in [4.69, 9.17) is 4.74 Å². The Morgan fingerprint density at radius 2 is 2.00 bits per heavy atom. The van der Waals surface area contributed by atoms with Crippen LogP contribution in [0.25, 0.3) is 0 Å². The molecule has 17 heavy (non-hydrogen) atoms. The first-order chi connectivity index (χ1) is 8.03. The summed E-state index contributed by atoms with van der Waals surface area (Å²) in [4.78, 5) is 0. The summed E-state index contributed by atoms with van der Waals surface area (Å²) in [5, 5.41) is -0.423. The number of ether oxygens (including phenoxy) is 1. The standard InChI is InChI=1S/C12H17NO3S/c1-10(2)17(14,15)13-8-5-9-16-12-7-4-3-6-11(12)13/h3-4,6-7,10H,5,8-9H2,1-2H3. The van der Waals surface area contributed by atoms with Crippen LogP contribution >= 0.6 is 0 Å². The van der Waals surface area contributed by atoms with Gasteiger partial charge in [0.2, 0.25) is 10.0 Å². The zero-order valence-electron chi connectivity index (χ0n) is 10.1. The van der Waals surface area contributed by atoms with Crippen LogP contribution in [0.3, 0.4) is 0 Å². The number of nitrogens with zero attached hydrogens (tertiary/aromatic N) is 1. The van der Waals surface area contributed by atoms with Gasteiger partial charge < -0.3 is 4.74 Å². The van der Waals surface area contributed by atoms with Crippen molar-refractivity contribution >= 4 is 15.7 Å². The van der Waals surface area contributed by atoms with Gasteiger partial charge in [-0.1, -0.05) is 12.1 Å². The molecule has 0 saturated heterocycles. The van der Waals surface area contributed by atoms with Crippen molar-refractivity contribution in [3.63, 3.8) is 0 Å². The lowest BCUT2D eigenvalue weighted by molar-refractivity contribution is 0.322. The van der Waals surface area contributed by atoms with Crippen molar-refractivity contribution in [3.05, 3.63) is 24.3 Å². The molecule has 0 unspecified atom stereocenters. The first kappa shape index (κ1) is 12.2. The lowest BCUT2D eigenvalue weighted by Gasteiger charge is -2.25. The second-order valence-electron chi connectivity index (χ2n) is 4.34. The first-order valence-electron chi connectivity index (χ1n) is 5.77. The maximum atomic E-state index is 12.3. The van der Waals surface area contributed by atoms with Crippen LogP contribution in [0, 0.1) is 0 Å². The topological polar surface area (TPSA) is 46.6 Å². The number of sulfonamides is 1. The average Bonchev–Trinajstić information content (AvgIpc) is 2.51. The summed E-state index contributed by atoms with van der Waals surface area (Å²) in [7, 11) is -3.28. The molecular formula is C12H17NO3S. The van der Waals surface area contributed by atoms with E-state index in [0.29, 0.717) is 31.0 Å². The molecule has 0 spiro atoms. The van der Waals surface area contributed by atoms with Gasteiger partial charge in [-0.05, 0) is 26.0 Å². The molecule has 0 aromatic heterocycles. The minimum Gasteiger partial charge on any atom is -0.491 e. The van der Waals surface area contributed by atoms with Crippen molar-refractivity contribution in [2.75, 3.05) is 17.5 Å². The van der Waals surface area contributed by atoms with E-state index in [0.717, 1.165) is 0 Å². The van der Waals surface area contributed by atoms with Crippen LogP contribution in [-0.4, -0.2) is 26.8 Å². The van der Waals surface area contributed by atoms with E-state index >= 15 is 0 Å². The van der Waals surface area contributed by atoms with Gasteiger partial charge in [-0.25, -0.2) is 8.42 Å². The van der Waals surface area contributed by atoms with Crippen molar-refractivity contribution in [3.8, 4) is 5.75 Å². The third kappa shape index (κ3) is 2.24. The Kier molecular flexibility index (Phi) is 3.28. The largest absolute Gasteiger partial charge is 0.491 e. The van der Waals surface area contributed by atoms with Gasteiger partial charge in [0.05, 0.1) is 17.5 Å². The fourth-order valence-corrected chi connectivity index (χ4v) is 3.13. The van der Waals surface area contributed by atoms with E-state index in [1.54, 1.807) is 19.9 Å². The Morgan fingerprint density at radius 3 is 2.71 bits per heavy atom. The molecule has 0 bridgehead atoms. The van der Waals surface area contributed by atoms with Gasteiger partial charge in [0.25, 0.3) is 0 Å². The van der Waals surface area contributed by atoms with Crippen LogP contribution in [0.5, 0.6) is 5.75 Å². The van der Waals surface area contributed by atoms with Crippen LogP contribution in [-0.2, 0) is 10.0 Å². The van der Waals surface area contributed by atoms with Gasteiger partial charge >= 0.3 is 0 Å². The second kappa shape index (κ2) is 4.56. The van der Waals surface area contributed by atoms with E-state index in [1.807, 2.05) is 18.2 Å². The average molecular weight is 255 g/mol. The summed E-state index contributed by atoms with van der Waals surface area (Å²) < 4.78 is 31.6. The van der Waals surface area contributed by atoms with Crippen molar-refractivity contribution in [2.24, 2.45) is 0 Å². The number of para-hydroxylation sites is 2. The molecule has 1 aliphatic heterocycles. The highest BCUT2D eigenvalue weighted by atomic mass is 32.2. The van der Waals surface area contributed by atoms with Crippen LogP contribution < -0.4 is 9.04 Å². The van der Waals surface area contributed by atoms with Crippen LogP contribution in [0.2, 0.25) is 0 Å². The molecule has 5 heteroatoms. The van der Waals surface area contributed by atoms with Gasteiger partial charge in [-0.2, -0.15) is 0 Å². The Bertz CT molecular complexity index is 496. The zero-order chi connectivity index (χ0) is 12.5. The summed E-state index contributed by atoms with van der Waals surface area (Å²) in [6.45, 7) is 4.44. The summed E-state index contributed by atoms with van der Waals surface area (Å²) >= 11 is 0. The Balaban J connectivity index is 2.49. The van der Waals surface area contributed by atoms with E-state index in [2.05, 4.69) is 0 Å². The molecule has 0 amide bonds. The van der Waals surface area contributed by atoms with E-state index < -0.39 is 15.3 Å². The quantitative estimate of drug-likeness (QED) is 0.812. The van der Waals surface area contributed by atoms with E-state index in [9.17, 15) is 8.42 Å². The Labute approximate surface area is 102 Å². The lowest BCUT2D eigenvalue weighted by Crippen LogP contribution is -2.36. The number of hydrogen-bond acceptors (Lipinski definition) is 3. The summed E-state index contributed by atoms with van der Waals surface area (Å²) in [6, 6.07) is 7.28. The van der Waals surface area contributed by atoms with Gasteiger partial charge in [-0.3, -0.25) is 4.31 Å². The highest BCUT2D eigenvalue weighted by Gasteiger charge is 2.29. The molecule has 0 aliphatic carbocycles. The second-order valence-corrected chi connectivity index (χ2v) is 6.75. The molecule has 0 fully saturated rings. The highest BCUT2D eigenvalue weighted by molar-refractivity contribution is 7.93. The molecule has 0 N–H and O–H groups in total. The fraction of sp³-hybridized carbons (Fsp3) is 0.500. The van der Waals surface area contributed by atoms with Gasteiger partial charge in [0.1, 0.15) is 5.75 Å². The Hall–Kier alpha value is -1.23. The van der Waals surface area contributed by atoms with Crippen molar-refractivity contribution in [2.45, 2.75) is 25.5 Å². The van der Waals surface area contributed by atoms with E-state index in [-0.39, 0.29) is 0 Å². The SMILES string of the molecule is CC(C)S(=O)(=O)N1CCCOc2ccccc21. The molecule has 0 atom stereocenters. The maximum absolute atomic E-state index is 12.3. The zero-order valence-corrected chi connectivity index (χ0v) is 10.9. The molecule has 1 aromatic carbocycles.